The van der Waals surface area contributed by atoms with Gasteiger partial charge in [0.2, 0.25) is 0 Å². The molecule has 2 aromatic heterocycles. The molecule has 1 atom stereocenters. The highest BCUT2D eigenvalue weighted by Gasteiger charge is 2.23. The second kappa shape index (κ2) is 9.57. The Kier molecular flexibility index (Phi) is 6.18. The van der Waals surface area contributed by atoms with Gasteiger partial charge in [-0.1, -0.05) is 18.2 Å². The zero-order valence-corrected chi connectivity index (χ0v) is 19.7. The maximum atomic E-state index is 13.0. The molecule has 0 aliphatic carbocycles. The minimum Gasteiger partial charge on any atom is -0.493 e. The number of benzene rings is 2. The summed E-state index contributed by atoms with van der Waals surface area (Å²) in [5, 5.41) is 3.10. The Morgan fingerprint density at radius 2 is 1.94 bits per heavy atom. The van der Waals surface area contributed by atoms with Crippen LogP contribution in [0.4, 0.5) is 0 Å². The van der Waals surface area contributed by atoms with E-state index in [1.807, 2.05) is 67.6 Å². The maximum Gasteiger partial charge on any atom is 0.261 e. The number of nitrogens with zero attached hydrogens (tertiary/aromatic N) is 1. The zero-order valence-electron chi connectivity index (χ0n) is 18.9. The highest BCUT2D eigenvalue weighted by atomic mass is 32.1. The van der Waals surface area contributed by atoms with Crippen molar-refractivity contribution in [2.24, 2.45) is 0 Å². The van der Waals surface area contributed by atoms with Crippen molar-refractivity contribution >= 4 is 17.2 Å². The fourth-order valence-electron chi connectivity index (χ4n) is 3.88. The van der Waals surface area contributed by atoms with E-state index in [-0.39, 0.29) is 11.9 Å². The molecule has 1 N–H and O–H groups in total. The largest absolute Gasteiger partial charge is 0.493 e. The van der Waals surface area contributed by atoms with Crippen LogP contribution >= 0.6 is 11.3 Å². The van der Waals surface area contributed by atoms with Crippen LogP contribution in [0.25, 0.3) is 10.4 Å². The predicted octanol–water partition coefficient (Wildman–Crippen LogP) is 5.78. The van der Waals surface area contributed by atoms with Crippen molar-refractivity contribution in [2.45, 2.75) is 26.2 Å². The maximum absolute atomic E-state index is 13.0. The van der Waals surface area contributed by atoms with Gasteiger partial charge in [0.15, 0.2) is 11.5 Å². The third kappa shape index (κ3) is 4.47. The van der Waals surface area contributed by atoms with Crippen LogP contribution in [0.15, 0.2) is 73.1 Å². The third-order valence-corrected chi connectivity index (χ3v) is 6.94. The zero-order chi connectivity index (χ0) is 23.5. The number of methoxy groups -OCH3 is 1. The first-order chi connectivity index (χ1) is 16.6. The number of amides is 1. The van der Waals surface area contributed by atoms with Gasteiger partial charge in [-0.25, -0.2) is 0 Å². The van der Waals surface area contributed by atoms with Gasteiger partial charge in [0, 0.05) is 28.4 Å². The van der Waals surface area contributed by atoms with E-state index < -0.39 is 0 Å². The standard InChI is InChI=1S/C27H24N2O4S/c1-17(19-7-8-23(24(13-19)31-2)32-15-18-9-11-28-12-10-18)29-27(30)25-14-20-16-33-22-6-4-3-5-21(22)26(20)34-25/h3-14,17H,15-16H2,1-2H3,(H,29,30). The van der Waals surface area contributed by atoms with E-state index in [9.17, 15) is 4.79 Å². The molecule has 0 saturated heterocycles. The number of carbonyl (C=O) groups excluding carboxylic acids is 1. The summed E-state index contributed by atoms with van der Waals surface area (Å²) in [6.07, 6.45) is 3.47. The Bertz CT molecular complexity index is 1320. The van der Waals surface area contributed by atoms with E-state index in [4.69, 9.17) is 14.2 Å². The van der Waals surface area contributed by atoms with Crippen LogP contribution in [-0.2, 0) is 13.2 Å². The van der Waals surface area contributed by atoms with E-state index >= 15 is 0 Å². The van der Waals surface area contributed by atoms with Gasteiger partial charge >= 0.3 is 0 Å². The number of para-hydroxylation sites is 1. The highest BCUT2D eigenvalue weighted by Crippen LogP contribution is 2.42. The molecule has 1 aliphatic heterocycles. The van der Waals surface area contributed by atoms with Crippen LogP contribution in [0.5, 0.6) is 17.2 Å². The molecule has 5 rings (SSSR count). The topological polar surface area (TPSA) is 69.7 Å². The summed E-state index contributed by atoms with van der Waals surface area (Å²) in [6.45, 7) is 2.85. The number of ether oxygens (including phenoxy) is 3. The summed E-state index contributed by atoms with van der Waals surface area (Å²) in [6, 6.07) is 19.2. The predicted molar refractivity (Wildman–Crippen MR) is 132 cm³/mol. The van der Waals surface area contributed by atoms with Gasteiger partial charge in [-0.15, -0.1) is 11.3 Å². The van der Waals surface area contributed by atoms with Gasteiger partial charge in [-0.3, -0.25) is 9.78 Å². The molecule has 2 aromatic carbocycles. The summed E-state index contributed by atoms with van der Waals surface area (Å²) in [4.78, 5) is 18.8. The van der Waals surface area contributed by atoms with Crippen LogP contribution < -0.4 is 19.5 Å². The van der Waals surface area contributed by atoms with Gasteiger partial charge in [0.25, 0.3) is 5.91 Å². The Morgan fingerprint density at radius 3 is 2.76 bits per heavy atom. The van der Waals surface area contributed by atoms with Crippen LogP contribution in [0, 0.1) is 0 Å². The molecule has 0 fully saturated rings. The summed E-state index contributed by atoms with van der Waals surface area (Å²) >= 11 is 1.50. The molecule has 34 heavy (non-hydrogen) atoms. The van der Waals surface area contributed by atoms with Crippen molar-refractivity contribution < 1.29 is 19.0 Å². The number of pyridine rings is 1. The second-order valence-electron chi connectivity index (χ2n) is 8.00. The van der Waals surface area contributed by atoms with E-state index in [1.54, 1.807) is 19.5 Å². The molecule has 0 radical (unpaired) electrons. The van der Waals surface area contributed by atoms with Gasteiger partial charge in [0.05, 0.1) is 18.0 Å². The molecule has 0 saturated carbocycles. The van der Waals surface area contributed by atoms with Gasteiger partial charge in [-0.05, 0) is 60.5 Å². The van der Waals surface area contributed by atoms with Crippen molar-refractivity contribution in [3.63, 3.8) is 0 Å². The molecule has 0 bridgehead atoms. The monoisotopic (exact) mass is 472 g/mol. The van der Waals surface area contributed by atoms with Crippen LogP contribution in [0.3, 0.4) is 0 Å². The third-order valence-electron chi connectivity index (χ3n) is 5.73. The van der Waals surface area contributed by atoms with E-state index in [0.29, 0.717) is 29.6 Å². The summed E-state index contributed by atoms with van der Waals surface area (Å²) in [5.41, 5.74) is 4.02. The van der Waals surface area contributed by atoms with Gasteiger partial charge in [0.1, 0.15) is 19.0 Å². The Labute approximate surface area is 202 Å². The molecular formula is C27H24N2O4S. The van der Waals surface area contributed by atoms with Crippen molar-refractivity contribution in [3.8, 4) is 27.7 Å². The molecule has 3 heterocycles. The fourth-order valence-corrected chi connectivity index (χ4v) is 4.98. The fraction of sp³-hybridized carbons (Fsp3) is 0.185. The average molecular weight is 473 g/mol. The molecule has 0 spiro atoms. The Balaban J connectivity index is 1.28. The quantitative estimate of drug-likeness (QED) is 0.369. The first kappa shape index (κ1) is 22.0. The molecule has 1 unspecified atom stereocenters. The van der Waals surface area contributed by atoms with E-state index in [1.165, 1.54) is 11.3 Å². The van der Waals surface area contributed by atoms with Gasteiger partial charge in [-0.2, -0.15) is 0 Å². The van der Waals surface area contributed by atoms with Crippen molar-refractivity contribution in [1.82, 2.24) is 10.3 Å². The van der Waals surface area contributed by atoms with Crippen molar-refractivity contribution in [2.75, 3.05) is 7.11 Å². The van der Waals surface area contributed by atoms with E-state index in [0.717, 1.165) is 32.9 Å². The number of thiophene rings is 1. The summed E-state index contributed by atoms with van der Waals surface area (Å²) < 4.78 is 17.3. The van der Waals surface area contributed by atoms with Crippen LogP contribution in [-0.4, -0.2) is 18.0 Å². The molecule has 4 aromatic rings. The number of aromatic nitrogens is 1. The van der Waals surface area contributed by atoms with Crippen LogP contribution in [0.2, 0.25) is 0 Å². The Morgan fingerprint density at radius 1 is 1.12 bits per heavy atom. The van der Waals surface area contributed by atoms with Crippen molar-refractivity contribution in [1.29, 1.82) is 0 Å². The molecule has 6 nitrogen and oxygen atoms in total. The Hall–Kier alpha value is -3.84. The number of rotatable bonds is 7. The smallest absolute Gasteiger partial charge is 0.261 e. The summed E-state index contributed by atoms with van der Waals surface area (Å²) in [7, 11) is 1.61. The van der Waals surface area contributed by atoms with E-state index in [2.05, 4.69) is 10.3 Å². The first-order valence-corrected chi connectivity index (χ1v) is 11.8. The lowest BCUT2D eigenvalue weighted by Crippen LogP contribution is -2.25. The molecule has 1 aliphatic rings. The molecular weight excluding hydrogens is 448 g/mol. The normalized spacial score (nSPS) is 12.6. The van der Waals surface area contributed by atoms with Crippen LogP contribution in [0.1, 0.15) is 39.3 Å². The lowest BCUT2D eigenvalue weighted by atomic mass is 10.1. The molecule has 1 amide bonds. The number of carbonyl (C=O) groups is 1. The average Bonchev–Trinajstić information content (AvgIpc) is 3.33. The minimum absolute atomic E-state index is 0.110. The van der Waals surface area contributed by atoms with Crippen molar-refractivity contribution in [3.05, 3.63) is 94.6 Å². The SMILES string of the molecule is COc1cc(C(C)NC(=O)c2cc3c(s2)-c2ccccc2OC3)ccc1OCc1ccncc1. The highest BCUT2D eigenvalue weighted by molar-refractivity contribution is 7.17. The number of hydrogen-bond acceptors (Lipinski definition) is 6. The molecule has 172 valence electrons. The number of hydrogen-bond donors (Lipinski definition) is 1. The second-order valence-corrected chi connectivity index (χ2v) is 9.05. The summed E-state index contributed by atoms with van der Waals surface area (Å²) in [5.74, 6) is 2.01. The molecule has 7 heteroatoms. The number of fused-ring (bicyclic) bond motifs is 3. The first-order valence-electron chi connectivity index (χ1n) is 11.0. The minimum atomic E-state index is -0.210. The van der Waals surface area contributed by atoms with Gasteiger partial charge < -0.3 is 19.5 Å². The lowest BCUT2D eigenvalue weighted by molar-refractivity contribution is 0.0944. The lowest BCUT2D eigenvalue weighted by Gasteiger charge is -2.17. The number of nitrogens with one attached hydrogen (secondary N) is 1.